The van der Waals surface area contributed by atoms with Crippen molar-refractivity contribution in [1.82, 2.24) is 17.5 Å². The minimum atomic E-state index is 0.749. The topological polar surface area (TPSA) is 60.6 Å². The molecule has 0 aromatic carbocycles. The van der Waals surface area contributed by atoms with Crippen LogP contribution in [0.1, 0.15) is 0 Å². The number of hydrogen-bond acceptors (Lipinski definition) is 5. The third kappa shape index (κ3) is 1.90. The van der Waals surface area contributed by atoms with E-state index >= 15 is 0 Å². The second-order valence-electron chi connectivity index (χ2n) is 3.34. The summed E-state index contributed by atoms with van der Waals surface area (Å²) in [6, 6.07) is 7.87. The summed E-state index contributed by atoms with van der Waals surface area (Å²) in [7, 11) is 0. The molecule has 4 aromatic heterocycles. The fourth-order valence-corrected chi connectivity index (χ4v) is 2.66. The standard InChI is InChI=1S/C5H5N3S.C5H4N2S/c6-4-1-2-5-8(4)3-7-9-5;1-2-5-7(3-1)4-6-8-5/h1-3H,6H2;1-4H. The molecule has 0 saturated heterocycles. The lowest BCUT2D eigenvalue weighted by Gasteiger charge is -1.83. The van der Waals surface area contributed by atoms with E-state index < -0.39 is 0 Å². The first-order valence-electron chi connectivity index (χ1n) is 4.89. The molecule has 0 radical (unpaired) electrons. The van der Waals surface area contributed by atoms with Gasteiger partial charge in [0.2, 0.25) is 0 Å². The zero-order chi connectivity index (χ0) is 11.7. The van der Waals surface area contributed by atoms with E-state index in [9.17, 15) is 0 Å². The van der Waals surface area contributed by atoms with Crippen molar-refractivity contribution in [2.45, 2.75) is 0 Å². The van der Waals surface area contributed by atoms with Gasteiger partial charge in [-0.25, -0.2) is 0 Å². The van der Waals surface area contributed by atoms with Gasteiger partial charge in [0.15, 0.2) is 0 Å². The van der Waals surface area contributed by atoms with Crippen LogP contribution in [0.3, 0.4) is 0 Å². The number of nitrogens with zero attached hydrogens (tertiary/aromatic N) is 4. The molecule has 0 amide bonds. The highest BCUT2D eigenvalue weighted by Gasteiger charge is 1.96. The molecule has 7 heteroatoms. The Hall–Kier alpha value is -1.86. The van der Waals surface area contributed by atoms with Crippen LogP contribution in [0.15, 0.2) is 43.1 Å². The first kappa shape index (κ1) is 10.3. The number of nitrogen functional groups attached to an aromatic ring is 1. The Bertz CT molecular complexity index is 681. The van der Waals surface area contributed by atoms with Gasteiger partial charge in [-0.1, -0.05) is 0 Å². The van der Waals surface area contributed by atoms with Crippen LogP contribution in [-0.2, 0) is 0 Å². The van der Waals surface area contributed by atoms with Gasteiger partial charge in [-0.3, -0.25) is 8.80 Å². The lowest BCUT2D eigenvalue weighted by atomic mass is 10.6. The lowest BCUT2D eigenvalue weighted by Crippen LogP contribution is -1.87. The van der Waals surface area contributed by atoms with Gasteiger partial charge in [0.05, 0.1) is 0 Å². The monoisotopic (exact) mass is 263 g/mol. The molecule has 0 fully saturated rings. The zero-order valence-corrected chi connectivity index (χ0v) is 10.4. The summed E-state index contributed by atoms with van der Waals surface area (Å²) in [4.78, 5) is 2.29. The molecular weight excluding hydrogens is 254 g/mol. The normalized spacial score (nSPS) is 10.6. The van der Waals surface area contributed by atoms with Gasteiger partial charge in [-0.05, 0) is 47.3 Å². The predicted molar refractivity (Wildman–Crippen MR) is 70.6 cm³/mol. The average molecular weight is 263 g/mol. The van der Waals surface area contributed by atoms with Crippen molar-refractivity contribution in [2.75, 3.05) is 5.73 Å². The summed E-state index contributed by atoms with van der Waals surface area (Å²) in [5.74, 6) is 0.749. The predicted octanol–water partition coefficient (Wildman–Crippen LogP) is 2.37. The Kier molecular flexibility index (Phi) is 2.54. The Labute approximate surface area is 105 Å². The third-order valence-electron chi connectivity index (χ3n) is 2.28. The van der Waals surface area contributed by atoms with Gasteiger partial charge in [0.1, 0.15) is 28.1 Å². The average Bonchev–Trinajstić information content (AvgIpc) is 3.00. The van der Waals surface area contributed by atoms with Crippen LogP contribution in [0.4, 0.5) is 5.82 Å². The van der Waals surface area contributed by atoms with Gasteiger partial charge < -0.3 is 5.73 Å². The van der Waals surface area contributed by atoms with Crippen molar-refractivity contribution in [3.63, 3.8) is 0 Å². The number of hydrogen-bond donors (Lipinski definition) is 1. The fourth-order valence-electron chi connectivity index (χ4n) is 1.45. The fraction of sp³-hybridized carbons (Fsp3) is 0. The molecule has 4 aromatic rings. The van der Waals surface area contributed by atoms with Gasteiger partial charge >= 0.3 is 0 Å². The van der Waals surface area contributed by atoms with E-state index in [1.165, 1.54) is 27.9 Å². The Morgan fingerprint density at radius 2 is 1.82 bits per heavy atom. The van der Waals surface area contributed by atoms with Crippen LogP contribution in [0.2, 0.25) is 0 Å². The highest BCUT2D eigenvalue weighted by molar-refractivity contribution is 7.11. The molecule has 86 valence electrons. The molecule has 0 unspecified atom stereocenters. The minimum absolute atomic E-state index is 0.749. The molecule has 4 heterocycles. The third-order valence-corrected chi connectivity index (χ3v) is 3.73. The molecule has 17 heavy (non-hydrogen) atoms. The van der Waals surface area contributed by atoms with Crippen molar-refractivity contribution in [3.05, 3.63) is 43.1 Å². The number of rotatable bonds is 0. The summed E-state index contributed by atoms with van der Waals surface area (Å²) in [6.45, 7) is 0. The van der Waals surface area contributed by atoms with Crippen molar-refractivity contribution in [2.24, 2.45) is 0 Å². The van der Waals surface area contributed by atoms with Crippen LogP contribution in [-0.4, -0.2) is 17.5 Å². The van der Waals surface area contributed by atoms with Crippen molar-refractivity contribution >= 4 is 38.5 Å². The van der Waals surface area contributed by atoms with Crippen LogP contribution in [0.5, 0.6) is 0 Å². The van der Waals surface area contributed by atoms with E-state index in [4.69, 9.17) is 5.73 Å². The summed E-state index contributed by atoms with van der Waals surface area (Å²) in [5, 5.41) is 0. The van der Waals surface area contributed by atoms with E-state index in [0.29, 0.717) is 0 Å². The van der Waals surface area contributed by atoms with E-state index in [2.05, 4.69) is 8.75 Å². The quantitative estimate of drug-likeness (QED) is 0.530. The largest absolute Gasteiger partial charge is 0.385 e. The van der Waals surface area contributed by atoms with Gasteiger partial charge in [0, 0.05) is 6.20 Å². The maximum atomic E-state index is 5.55. The van der Waals surface area contributed by atoms with Crippen molar-refractivity contribution < 1.29 is 0 Å². The number of nitrogens with two attached hydrogens (primary N) is 1. The maximum Gasteiger partial charge on any atom is 0.121 e. The molecular formula is C10H9N5S2. The second-order valence-corrected chi connectivity index (χ2v) is 4.97. The number of fused-ring (bicyclic) bond motifs is 2. The first-order chi connectivity index (χ1) is 8.34. The molecule has 0 saturated carbocycles. The Balaban J connectivity index is 0.000000107. The second kappa shape index (κ2) is 4.19. The minimum Gasteiger partial charge on any atom is -0.385 e. The zero-order valence-electron chi connectivity index (χ0n) is 8.72. The van der Waals surface area contributed by atoms with Gasteiger partial charge in [0.25, 0.3) is 0 Å². The summed E-state index contributed by atoms with van der Waals surface area (Å²) in [5.41, 5.74) is 5.55. The smallest absolute Gasteiger partial charge is 0.121 e. The molecule has 5 nitrogen and oxygen atoms in total. The summed E-state index contributed by atoms with van der Waals surface area (Å²) >= 11 is 2.95. The van der Waals surface area contributed by atoms with Crippen molar-refractivity contribution in [3.8, 4) is 0 Å². The van der Waals surface area contributed by atoms with Crippen LogP contribution >= 0.6 is 23.1 Å². The van der Waals surface area contributed by atoms with Crippen LogP contribution < -0.4 is 5.73 Å². The first-order valence-corrected chi connectivity index (χ1v) is 6.44. The molecule has 0 atom stereocenters. The molecule has 0 aliphatic heterocycles. The number of aromatic nitrogens is 4. The van der Waals surface area contributed by atoms with Gasteiger partial charge in [-0.15, -0.1) is 0 Å². The Morgan fingerprint density at radius 3 is 2.65 bits per heavy atom. The van der Waals surface area contributed by atoms with Gasteiger partial charge in [-0.2, -0.15) is 8.75 Å². The SMILES string of the molecule is Nc1ccc2sncn12.c1cc2sncn2c1. The maximum absolute atomic E-state index is 5.55. The summed E-state index contributed by atoms with van der Waals surface area (Å²) < 4.78 is 11.8. The molecule has 0 aliphatic carbocycles. The molecule has 4 rings (SSSR count). The molecule has 0 spiro atoms. The van der Waals surface area contributed by atoms with Crippen LogP contribution in [0, 0.1) is 0 Å². The highest BCUT2D eigenvalue weighted by atomic mass is 32.1. The lowest BCUT2D eigenvalue weighted by molar-refractivity contribution is 1.18. The summed E-state index contributed by atoms with van der Waals surface area (Å²) in [6.07, 6.45) is 5.51. The van der Waals surface area contributed by atoms with E-state index in [1.807, 2.05) is 39.3 Å². The molecule has 0 bridgehead atoms. The number of anilines is 1. The molecule has 2 N–H and O–H groups in total. The van der Waals surface area contributed by atoms with E-state index in [1.54, 1.807) is 12.7 Å². The van der Waals surface area contributed by atoms with E-state index in [-0.39, 0.29) is 0 Å². The van der Waals surface area contributed by atoms with E-state index in [0.717, 1.165) is 10.6 Å². The highest BCUT2D eigenvalue weighted by Crippen LogP contribution is 2.13. The molecule has 0 aliphatic rings. The van der Waals surface area contributed by atoms with Crippen molar-refractivity contribution in [1.29, 1.82) is 0 Å². The van der Waals surface area contributed by atoms with Crippen LogP contribution in [0.25, 0.3) is 9.66 Å². The Morgan fingerprint density at radius 1 is 1.00 bits per heavy atom.